The Labute approximate surface area is 139 Å². The molecule has 0 spiro atoms. The largest absolute Gasteiger partial charge is 0.331 e. The van der Waals surface area contributed by atoms with E-state index in [2.05, 4.69) is 29.7 Å². The molecule has 0 fully saturated rings. The molecule has 0 aliphatic carbocycles. The van der Waals surface area contributed by atoms with Crippen LogP contribution in [0.2, 0.25) is 0 Å². The number of thiocarbonyl (C=S) groups is 1. The van der Waals surface area contributed by atoms with Gasteiger partial charge in [-0.2, -0.15) is 5.10 Å². The van der Waals surface area contributed by atoms with Crippen LogP contribution in [-0.4, -0.2) is 11.3 Å². The summed E-state index contributed by atoms with van der Waals surface area (Å²) in [6.45, 7) is 4.25. The maximum absolute atomic E-state index is 13.0. The first-order valence-electron chi connectivity index (χ1n) is 7.11. The van der Waals surface area contributed by atoms with E-state index >= 15 is 0 Å². The summed E-state index contributed by atoms with van der Waals surface area (Å²) in [6, 6.07) is 11.4. The van der Waals surface area contributed by atoms with Crippen molar-refractivity contribution in [2.75, 3.05) is 5.32 Å². The number of hydrogen-bond donors (Lipinski definition) is 2. The van der Waals surface area contributed by atoms with E-state index in [1.165, 1.54) is 17.8 Å². The summed E-state index contributed by atoms with van der Waals surface area (Å²) in [6.07, 6.45) is 1.36. The number of nitrogens with zero attached hydrogens (tertiary/aromatic N) is 1. The smallest absolute Gasteiger partial charge is 0.191 e. The van der Waals surface area contributed by atoms with Gasteiger partial charge >= 0.3 is 0 Å². The summed E-state index contributed by atoms with van der Waals surface area (Å²) in [4.78, 5) is 0. The van der Waals surface area contributed by atoms with E-state index in [0.29, 0.717) is 16.6 Å². The molecule has 120 valence electrons. The van der Waals surface area contributed by atoms with E-state index in [-0.39, 0.29) is 0 Å². The van der Waals surface area contributed by atoms with Gasteiger partial charge < -0.3 is 5.32 Å². The van der Waals surface area contributed by atoms with Gasteiger partial charge in [0.15, 0.2) is 16.7 Å². The quantitative estimate of drug-likeness (QED) is 0.494. The Morgan fingerprint density at radius 3 is 2.39 bits per heavy atom. The Morgan fingerprint density at radius 1 is 1.09 bits per heavy atom. The fraction of sp³-hybridized carbons (Fsp3) is 0.176. The molecule has 2 N–H and O–H groups in total. The van der Waals surface area contributed by atoms with Crippen molar-refractivity contribution >= 4 is 29.2 Å². The first kappa shape index (κ1) is 17.0. The fourth-order valence-corrected chi connectivity index (χ4v) is 2.04. The molecule has 2 rings (SSSR count). The normalized spacial score (nSPS) is 11.0. The SMILES string of the molecule is CC(C)c1ccc(NC(=S)N/N=C/c2ccc(F)c(F)c2)cc1. The standard InChI is InChI=1S/C17H17F2N3S/c1-11(2)13-4-6-14(7-5-13)21-17(23)22-20-10-12-3-8-15(18)16(19)9-12/h3-11H,1-2H3,(H2,21,22,23)/b20-10+. The van der Waals surface area contributed by atoms with E-state index in [4.69, 9.17) is 12.2 Å². The molecule has 3 nitrogen and oxygen atoms in total. The second kappa shape index (κ2) is 7.78. The van der Waals surface area contributed by atoms with Crippen LogP contribution < -0.4 is 10.7 Å². The molecule has 0 aliphatic heterocycles. The number of hydrogen-bond acceptors (Lipinski definition) is 2. The molecule has 23 heavy (non-hydrogen) atoms. The fourth-order valence-electron chi connectivity index (χ4n) is 1.87. The highest BCUT2D eigenvalue weighted by Crippen LogP contribution is 2.17. The van der Waals surface area contributed by atoms with Crippen molar-refractivity contribution in [3.05, 3.63) is 65.2 Å². The first-order chi connectivity index (χ1) is 11.0. The summed E-state index contributed by atoms with van der Waals surface area (Å²) in [5.41, 5.74) is 5.14. The average Bonchev–Trinajstić information content (AvgIpc) is 2.51. The highest BCUT2D eigenvalue weighted by molar-refractivity contribution is 7.80. The van der Waals surface area contributed by atoms with E-state index in [0.717, 1.165) is 17.8 Å². The van der Waals surface area contributed by atoms with Gasteiger partial charge in [-0.05, 0) is 53.5 Å². The predicted molar refractivity (Wildman–Crippen MR) is 93.8 cm³/mol. The van der Waals surface area contributed by atoms with Gasteiger partial charge in [0.25, 0.3) is 0 Å². The topological polar surface area (TPSA) is 36.4 Å². The summed E-state index contributed by atoms with van der Waals surface area (Å²) in [5.74, 6) is -1.34. The summed E-state index contributed by atoms with van der Waals surface area (Å²) < 4.78 is 25.9. The minimum absolute atomic E-state index is 0.307. The zero-order chi connectivity index (χ0) is 16.8. The summed E-state index contributed by atoms with van der Waals surface area (Å²) in [5, 5.41) is 7.18. The van der Waals surface area contributed by atoms with Crippen molar-refractivity contribution in [2.45, 2.75) is 19.8 Å². The molecule has 0 saturated heterocycles. The Kier molecular flexibility index (Phi) is 5.76. The second-order valence-corrected chi connectivity index (χ2v) is 5.68. The third-order valence-electron chi connectivity index (χ3n) is 3.16. The minimum Gasteiger partial charge on any atom is -0.331 e. The third kappa shape index (κ3) is 5.10. The lowest BCUT2D eigenvalue weighted by atomic mass is 10.0. The van der Waals surface area contributed by atoms with Crippen LogP contribution in [0.3, 0.4) is 0 Å². The molecular weight excluding hydrogens is 316 g/mol. The Hall–Kier alpha value is -2.34. The van der Waals surface area contributed by atoms with E-state index < -0.39 is 11.6 Å². The molecule has 0 aromatic heterocycles. The summed E-state index contributed by atoms with van der Waals surface area (Å²) >= 11 is 5.11. The van der Waals surface area contributed by atoms with E-state index in [1.54, 1.807) is 0 Å². The van der Waals surface area contributed by atoms with Gasteiger partial charge in [-0.15, -0.1) is 0 Å². The van der Waals surface area contributed by atoms with Crippen LogP contribution in [0.25, 0.3) is 0 Å². The second-order valence-electron chi connectivity index (χ2n) is 5.27. The Balaban J connectivity index is 1.89. The molecule has 0 saturated carbocycles. The van der Waals surface area contributed by atoms with E-state index in [9.17, 15) is 8.78 Å². The molecular formula is C17H17F2N3S. The van der Waals surface area contributed by atoms with Crippen LogP contribution in [0.4, 0.5) is 14.5 Å². The van der Waals surface area contributed by atoms with Gasteiger partial charge in [0.05, 0.1) is 6.21 Å². The Bertz CT molecular complexity index is 712. The molecule has 2 aromatic rings. The predicted octanol–water partition coefficient (Wildman–Crippen LogP) is 4.41. The van der Waals surface area contributed by atoms with Crippen molar-refractivity contribution in [2.24, 2.45) is 5.10 Å². The summed E-state index contributed by atoms with van der Waals surface area (Å²) in [7, 11) is 0. The maximum Gasteiger partial charge on any atom is 0.191 e. The lowest BCUT2D eigenvalue weighted by molar-refractivity contribution is 0.508. The number of rotatable bonds is 4. The van der Waals surface area contributed by atoms with Crippen LogP contribution >= 0.6 is 12.2 Å². The molecule has 2 aromatic carbocycles. The Morgan fingerprint density at radius 2 is 1.78 bits per heavy atom. The highest BCUT2D eigenvalue weighted by atomic mass is 32.1. The van der Waals surface area contributed by atoms with Gasteiger partial charge in [0.2, 0.25) is 0 Å². The zero-order valence-corrected chi connectivity index (χ0v) is 13.6. The monoisotopic (exact) mass is 333 g/mol. The van der Waals surface area contributed by atoms with Crippen molar-refractivity contribution in [1.29, 1.82) is 0 Å². The average molecular weight is 333 g/mol. The molecule has 6 heteroatoms. The lowest BCUT2D eigenvalue weighted by Crippen LogP contribution is -2.23. The first-order valence-corrected chi connectivity index (χ1v) is 7.51. The number of anilines is 1. The van der Waals surface area contributed by atoms with Crippen LogP contribution in [0.5, 0.6) is 0 Å². The molecule has 0 heterocycles. The van der Waals surface area contributed by atoms with E-state index in [1.807, 2.05) is 24.3 Å². The van der Waals surface area contributed by atoms with Crippen LogP contribution in [0.1, 0.15) is 30.9 Å². The van der Waals surface area contributed by atoms with Crippen LogP contribution in [0.15, 0.2) is 47.6 Å². The minimum atomic E-state index is -0.917. The van der Waals surface area contributed by atoms with Crippen molar-refractivity contribution in [3.63, 3.8) is 0 Å². The van der Waals surface area contributed by atoms with Crippen molar-refractivity contribution in [1.82, 2.24) is 5.43 Å². The van der Waals surface area contributed by atoms with Gasteiger partial charge in [-0.3, -0.25) is 5.43 Å². The molecule has 0 aliphatic rings. The molecule has 0 radical (unpaired) electrons. The number of hydrazone groups is 1. The van der Waals surface area contributed by atoms with Gasteiger partial charge in [-0.1, -0.05) is 32.0 Å². The maximum atomic E-state index is 13.0. The molecule has 0 atom stereocenters. The number of benzene rings is 2. The van der Waals surface area contributed by atoms with Crippen molar-refractivity contribution < 1.29 is 8.78 Å². The molecule has 0 bridgehead atoms. The van der Waals surface area contributed by atoms with Gasteiger partial charge in [0, 0.05) is 5.69 Å². The number of nitrogens with one attached hydrogen (secondary N) is 2. The van der Waals surface area contributed by atoms with Crippen LogP contribution in [-0.2, 0) is 0 Å². The lowest BCUT2D eigenvalue weighted by Gasteiger charge is -2.09. The molecule has 0 unspecified atom stereocenters. The number of halogens is 2. The van der Waals surface area contributed by atoms with Gasteiger partial charge in [0.1, 0.15) is 0 Å². The zero-order valence-electron chi connectivity index (χ0n) is 12.8. The van der Waals surface area contributed by atoms with Crippen LogP contribution in [0, 0.1) is 11.6 Å². The highest BCUT2D eigenvalue weighted by Gasteiger charge is 2.01. The van der Waals surface area contributed by atoms with Gasteiger partial charge in [-0.25, -0.2) is 8.78 Å². The van der Waals surface area contributed by atoms with Crippen molar-refractivity contribution in [3.8, 4) is 0 Å². The third-order valence-corrected chi connectivity index (χ3v) is 3.35. The molecule has 0 amide bonds.